The van der Waals surface area contributed by atoms with Crippen LogP contribution < -0.4 is 4.74 Å². The first-order valence-electron chi connectivity index (χ1n) is 6.71. The smallest absolute Gasteiger partial charge is 0.276 e. The van der Waals surface area contributed by atoms with Crippen molar-refractivity contribution >= 4 is 8.32 Å². The highest BCUT2D eigenvalue weighted by Gasteiger charge is 2.40. The molecule has 3 heteroatoms. The summed E-state index contributed by atoms with van der Waals surface area (Å²) in [6.07, 6.45) is 5.79. The highest BCUT2D eigenvalue weighted by atomic mass is 28.4. The highest BCUT2D eigenvalue weighted by molar-refractivity contribution is 6.83. The van der Waals surface area contributed by atoms with Gasteiger partial charge in [0, 0.05) is 0 Å². The van der Waals surface area contributed by atoms with E-state index in [4.69, 9.17) is 15.6 Å². The quantitative estimate of drug-likeness (QED) is 0.574. The van der Waals surface area contributed by atoms with E-state index in [1.54, 1.807) is 7.11 Å². The van der Waals surface area contributed by atoms with Gasteiger partial charge in [-0.1, -0.05) is 39.8 Å². The molecule has 0 amide bonds. The summed E-state index contributed by atoms with van der Waals surface area (Å²) in [5, 5.41) is 0. The van der Waals surface area contributed by atoms with Crippen molar-refractivity contribution in [2.24, 2.45) is 0 Å². The highest BCUT2D eigenvalue weighted by Crippen LogP contribution is 2.33. The van der Waals surface area contributed by atoms with Crippen LogP contribution in [0.2, 0.25) is 11.1 Å². The fourth-order valence-corrected chi connectivity index (χ4v) is 5.46. The van der Waals surface area contributed by atoms with Crippen LogP contribution in [-0.4, -0.2) is 15.4 Å². The van der Waals surface area contributed by atoms with Gasteiger partial charge in [0.05, 0.1) is 13.7 Å². The van der Waals surface area contributed by atoms with Crippen LogP contribution in [0.3, 0.4) is 0 Å². The summed E-state index contributed by atoms with van der Waals surface area (Å²) in [6, 6.07) is 7.94. The summed E-state index contributed by atoms with van der Waals surface area (Å²) in [6.45, 7) is 9.25. The molecule has 0 aromatic heterocycles. The lowest BCUT2D eigenvalue weighted by atomic mass is 10.2. The minimum Gasteiger partial charge on any atom is -0.497 e. The average molecular weight is 276 g/mol. The molecular formula is C16H24O2Si. The minimum absolute atomic E-state index is 0.413. The van der Waals surface area contributed by atoms with Gasteiger partial charge < -0.3 is 9.16 Å². The van der Waals surface area contributed by atoms with Crippen molar-refractivity contribution in [2.45, 2.75) is 45.4 Å². The third-order valence-corrected chi connectivity index (χ3v) is 8.08. The van der Waals surface area contributed by atoms with Gasteiger partial charge in [-0.3, -0.25) is 0 Å². The van der Waals surface area contributed by atoms with E-state index in [-0.39, 0.29) is 0 Å². The fourth-order valence-electron chi connectivity index (χ4n) is 2.30. The lowest BCUT2D eigenvalue weighted by molar-refractivity contribution is 0.283. The lowest BCUT2D eigenvalue weighted by Gasteiger charge is -2.33. The molecule has 0 radical (unpaired) electrons. The Balaban J connectivity index is 2.79. The first-order valence-corrected chi connectivity index (χ1v) is 8.77. The van der Waals surface area contributed by atoms with Gasteiger partial charge in [-0.15, -0.1) is 12.0 Å². The molecule has 0 N–H and O–H groups in total. The molecule has 0 aliphatic heterocycles. The molecule has 1 rings (SSSR count). The first-order chi connectivity index (χ1) is 8.96. The van der Waals surface area contributed by atoms with Crippen LogP contribution in [0.1, 0.15) is 33.3 Å². The van der Waals surface area contributed by atoms with Gasteiger partial charge in [0.1, 0.15) is 5.75 Å². The Morgan fingerprint density at radius 3 is 2.00 bits per heavy atom. The van der Waals surface area contributed by atoms with Crippen LogP contribution in [0, 0.1) is 12.0 Å². The van der Waals surface area contributed by atoms with Crippen molar-refractivity contribution in [3.63, 3.8) is 0 Å². The molecular weight excluding hydrogens is 252 g/mol. The van der Waals surface area contributed by atoms with Gasteiger partial charge in [0.25, 0.3) is 8.32 Å². The Hall–Kier alpha value is -1.24. The maximum atomic E-state index is 6.22. The molecule has 0 saturated carbocycles. The van der Waals surface area contributed by atoms with E-state index in [0.717, 1.165) is 11.3 Å². The normalized spacial score (nSPS) is 11.7. The summed E-state index contributed by atoms with van der Waals surface area (Å²) < 4.78 is 11.4. The maximum absolute atomic E-state index is 6.22. The second-order valence-electron chi connectivity index (χ2n) is 5.38. The molecule has 2 nitrogen and oxygen atoms in total. The van der Waals surface area contributed by atoms with Gasteiger partial charge in [0.15, 0.2) is 0 Å². The Morgan fingerprint density at radius 2 is 1.63 bits per heavy atom. The summed E-state index contributed by atoms with van der Waals surface area (Å²) in [4.78, 5) is 0. The zero-order valence-corrected chi connectivity index (χ0v) is 13.6. The zero-order chi connectivity index (χ0) is 14.5. The summed E-state index contributed by atoms with van der Waals surface area (Å²) in [7, 11) is -0.466. The van der Waals surface area contributed by atoms with Crippen molar-refractivity contribution < 1.29 is 9.16 Å². The van der Waals surface area contributed by atoms with Crippen molar-refractivity contribution in [1.29, 1.82) is 0 Å². The maximum Gasteiger partial charge on any atom is 0.276 e. The van der Waals surface area contributed by atoms with E-state index < -0.39 is 8.32 Å². The predicted molar refractivity (Wildman–Crippen MR) is 82.6 cm³/mol. The van der Waals surface area contributed by atoms with Crippen LogP contribution in [0.25, 0.3) is 0 Å². The molecule has 0 heterocycles. The molecule has 0 aliphatic carbocycles. The Kier molecular flexibility index (Phi) is 5.65. The number of ether oxygens (including phenoxy) is 1. The molecule has 0 fully saturated rings. The molecule has 0 bridgehead atoms. The predicted octanol–water partition coefficient (Wildman–Crippen LogP) is 4.15. The van der Waals surface area contributed by atoms with Gasteiger partial charge in [-0.2, -0.15) is 0 Å². The summed E-state index contributed by atoms with van der Waals surface area (Å²) >= 11 is 0. The second kappa shape index (κ2) is 6.79. The third-order valence-electron chi connectivity index (χ3n) is 3.58. The number of hydrogen-bond donors (Lipinski definition) is 0. The number of hydrogen-bond acceptors (Lipinski definition) is 2. The molecule has 1 aromatic rings. The standard InChI is InChI=1S/C16H24O2Si/c1-7-19(13(2)3,14(4)5)18-12-15-8-10-16(17-6)11-9-15/h1,8-11,13-14H,12H2,2-6H3. The van der Waals surface area contributed by atoms with Gasteiger partial charge in [-0.05, 0) is 28.8 Å². The van der Waals surface area contributed by atoms with Crippen LogP contribution >= 0.6 is 0 Å². The van der Waals surface area contributed by atoms with Crippen LogP contribution in [-0.2, 0) is 11.0 Å². The van der Waals surface area contributed by atoms with E-state index in [1.165, 1.54) is 0 Å². The third kappa shape index (κ3) is 3.62. The Labute approximate surface area is 118 Å². The number of benzene rings is 1. The van der Waals surface area contributed by atoms with Crippen LogP contribution in [0.15, 0.2) is 24.3 Å². The number of terminal acetylenes is 1. The van der Waals surface area contributed by atoms with E-state index in [9.17, 15) is 0 Å². The lowest BCUT2D eigenvalue weighted by Crippen LogP contribution is -2.43. The number of methoxy groups -OCH3 is 1. The Morgan fingerprint density at radius 1 is 1.11 bits per heavy atom. The van der Waals surface area contributed by atoms with Gasteiger partial charge in [0.2, 0.25) is 0 Å². The fraction of sp³-hybridized carbons (Fsp3) is 0.500. The second-order valence-corrected chi connectivity index (χ2v) is 9.86. The molecule has 0 saturated heterocycles. The summed E-state index contributed by atoms with van der Waals surface area (Å²) in [5.74, 6) is 0.858. The van der Waals surface area contributed by atoms with E-state index in [0.29, 0.717) is 17.7 Å². The van der Waals surface area contributed by atoms with Crippen LogP contribution in [0.4, 0.5) is 0 Å². The monoisotopic (exact) mass is 276 g/mol. The summed E-state index contributed by atoms with van der Waals surface area (Å²) in [5.41, 5.74) is 4.96. The molecule has 1 aromatic carbocycles. The average Bonchev–Trinajstić information content (AvgIpc) is 2.40. The van der Waals surface area contributed by atoms with Crippen molar-refractivity contribution in [2.75, 3.05) is 7.11 Å². The van der Waals surface area contributed by atoms with Crippen molar-refractivity contribution in [3.05, 3.63) is 29.8 Å². The molecule has 104 valence electrons. The van der Waals surface area contributed by atoms with Crippen molar-refractivity contribution in [1.82, 2.24) is 0 Å². The van der Waals surface area contributed by atoms with Crippen molar-refractivity contribution in [3.8, 4) is 17.7 Å². The number of rotatable bonds is 6. The Bertz CT molecular complexity index is 421. The van der Waals surface area contributed by atoms with E-state index >= 15 is 0 Å². The van der Waals surface area contributed by atoms with E-state index in [2.05, 4.69) is 33.2 Å². The molecule has 0 spiro atoms. The van der Waals surface area contributed by atoms with Gasteiger partial charge in [-0.25, -0.2) is 0 Å². The molecule has 0 unspecified atom stereocenters. The SMILES string of the molecule is C#C[Si](OCc1ccc(OC)cc1)(C(C)C)C(C)C. The largest absolute Gasteiger partial charge is 0.497 e. The minimum atomic E-state index is -2.13. The topological polar surface area (TPSA) is 18.5 Å². The molecule has 19 heavy (non-hydrogen) atoms. The zero-order valence-electron chi connectivity index (χ0n) is 12.6. The molecule has 0 aliphatic rings. The van der Waals surface area contributed by atoms with E-state index in [1.807, 2.05) is 24.3 Å². The molecule has 0 atom stereocenters. The first kappa shape index (κ1) is 15.8. The van der Waals surface area contributed by atoms with Gasteiger partial charge >= 0.3 is 0 Å². The van der Waals surface area contributed by atoms with Crippen LogP contribution in [0.5, 0.6) is 5.75 Å².